The van der Waals surface area contributed by atoms with E-state index in [1.165, 1.54) is 0 Å². The summed E-state index contributed by atoms with van der Waals surface area (Å²) in [6, 6.07) is 3.49. The van der Waals surface area contributed by atoms with E-state index in [1.807, 2.05) is 6.92 Å². The molecule has 1 aromatic heterocycles. The number of fused-ring (bicyclic) bond motifs is 1. The lowest BCUT2D eigenvalue weighted by molar-refractivity contribution is 0.183. The Hall–Kier alpha value is -0.740. The molecule has 5 heteroatoms. The second-order valence-corrected chi connectivity index (χ2v) is 4.82. The number of hydrogen-bond acceptors (Lipinski definition) is 3. The van der Waals surface area contributed by atoms with Crippen molar-refractivity contribution in [3.63, 3.8) is 0 Å². The lowest BCUT2D eigenvalue weighted by Crippen LogP contribution is -2.12. The van der Waals surface area contributed by atoms with E-state index in [1.54, 1.807) is 19.2 Å². The van der Waals surface area contributed by atoms with Crippen LogP contribution in [0.25, 0.3) is 11.0 Å². The van der Waals surface area contributed by atoms with Gasteiger partial charge < -0.3 is 14.5 Å². The van der Waals surface area contributed by atoms with Crippen molar-refractivity contribution in [2.75, 3.05) is 13.7 Å². The highest BCUT2D eigenvalue weighted by molar-refractivity contribution is 6.38. The summed E-state index contributed by atoms with van der Waals surface area (Å²) in [6.45, 7) is 4.04. The van der Waals surface area contributed by atoms with Gasteiger partial charge in [-0.15, -0.1) is 0 Å². The van der Waals surface area contributed by atoms with E-state index in [4.69, 9.17) is 32.4 Å². The highest BCUT2D eigenvalue weighted by atomic mass is 35.5. The summed E-state index contributed by atoms with van der Waals surface area (Å²) in [5, 5.41) is 5.28. The van der Waals surface area contributed by atoms with Crippen molar-refractivity contribution < 1.29 is 9.15 Å². The van der Waals surface area contributed by atoms with Crippen LogP contribution in [0.1, 0.15) is 18.2 Å². The molecule has 0 aliphatic carbocycles. The SMILES string of the molecule is CCNCc1oc2cc(Cl)cc(Cl)c2c1COC. The van der Waals surface area contributed by atoms with E-state index in [2.05, 4.69) is 5.32 Å². The number of furan rings is 1. The van der Waals surface area contributed by atoms with E-state index < -0.39 is 0 Å². The molecule has 0 radical (unpaired) electrons. The maximum atomic E-state index is 6.23. The van der Waals surface area contributed by atoms with Gasteiger partial charge in [-0.25, -0.2) is 0 Å². The van der Waals surface area contributed by atoms with Crippen molar-refractivity contribution in [1.82, 2.24) is 5.32 Å². The molecule has 18 heavy (non-hydrogen) atoms. The molecule has 98 valence electrons. The Labute approximate surface area is 116 Å². The lowest BCUT2D eigenvalue weighted by Gasteiger charge is -2.03. The number of halogens is 2. The van der Waals surface area contributed by atoms with Gasteiger partial charge in [0.1, 0.15) is 11.3 Å². The van der Waals surface area contributed by atoms with Crippen LogP contribution in [0.2, 0.25) is 10.0 Å². The fourth-order valence-electron chi connectivity index (χ4n) is 1.94. The minimum absolute atomic E-state index is 0.467. The number of nitrogens with one attached hydrogen (secondary N) is 1. The Bertz CT molecular complexity index is 551. The van der Waals surface area contributed by atoms with Gasteiger partial charge in [-0.05, 0) is 12.6 Å². The Balaban J connectivity index is 2.56. The zero-order chi connectivity index (χ0) is 13.1. The van der Waals surface area contributed by atoms with Crippen LogP contribution in [0.5, 0.6) is 0 Å². The first-order valence-corrected chi connectivity index (χ1v) is 6.52. The van der Waals surface area contributed by atoms with Crippen molar-refractivity contribution in [3.05, 3.63) is 33.5 Å². The molecule has 2 aromatic rings. The average Bonchev–Trinajstić information content (AvgIpc) is 2.65. The van der Waals surface area contributed by atoms with Crippen LogP contribution in [0, 0.1) is 0 Å². The van der Waals surface area contributed by atoms with Crippen molar-refractivity contribution in [2.45, 2.75) is 20.1 Å². The fourth-order valence-corrected chi connectivity index (χ4v) is 2.52. The quantitative estimate of drug-likeness (QED) is 0.903. The Morgan fingerprint density at radius 3 is 2.78 bits per heavy atom. The predicted octanol–water partition coefficient (Wildman–Crippen LogP) is 4.00. The summed E-state index contributed by atoms with van der Waals surface area (Å²) in [7, 11) is 1.65. The maximum Gasteiger partial charge on any atom is 0.137 e. The molecule has 0 fully saturated rings. The van der Waals surface area contributed by atoms with Gasteiger partial charge in [0.15, 0.2) is 0 Å². The molecule has 0 bridgehead atoms. The Morgan fingerprint density at radius 1 is 1.33 bits per heavy atom. The number of rotatable bonds is 5. The topological polar surface area (TPSA) is 34.4 Å². The van der Waals surface area contributed by atoms with E-state index in [9.17, 15) is 0 Å². The van der Waals surface area contributed by atoms with Crippen molar-refractivity contribution >= 4 is 34.2 Å². The van der Waals surface area contributed by atoms with Crippen molar-refractivity contribution in [2.24, 2.45) is 0 Å². The molecule has 2 rings (SSSR count). The molecule has 1 N–H and O–H groups in total. The summed E-state index contributed by atoms with van der Waals surface area (Å²) in [6.07, 6.45) is 0. The third kappa shape index (κ3) is 2.64. The highest BCUT2D eigenvalue weighted by Gasteiger charge is 2.17. The summed E-state index contributed by atoms with van der Waals surface area (Å²) < 4.78 is 11.0. The number of benzene rings is 1. The fraction of sp³-hybridized carbons (Fsp3) is 0.385. The second kappa shape index (κ2) is 5.93. The van der Waals surface area contributed by atoms with Gasteiger partial charge in [0.25, 0.3) is 0 Å². The van der Waals surface area contributed by atoms with E-state index in [0.29, 0.717) is 28.8 Å². The maximum absolute atomic E-state index is 6.23. The average molecular weight is 288 g/mol. The third-order valence-corrected chi connectivity index (χ3v) is 3.23. The molecule has 0 amide bonds. The molecule has 0 saturated carbocycles. The number of hydrogen-bond donors (Lipinski definition) is 1. The monoisotopic (exact) mass is 287 g/mol. The molecule has 0 aliphatic rings. The van der Waals surface area contributed by atoms with E-state index in [0.717, 1.165) is 23.3 Å². The van der Waals surface area contributed by atoms with Crippen LogP contribution in [0.15, 0.2) is 16.5 Å². The van der Waals surface area contributed by atoms with Gasteiger partial charge in [0.05, 0.1) is 18.2 Å². The second-order valence-electron chi connectivity index (χ2n) is 3.98. The minimum Gasteiger partial charge on any atom is -0.459 e. The van der Waals surface area contributed by atoms with E-state index >= 15 is 0 Å². The van der Waals surface area contributed by atoms with Crippen LogP contribution in [-0.2, 0) is 17.9 Å². The van der Waals surface area contributed by atoms with Crippen molar-refractivity contribution in [1.29, 1.82) is 0 Å². The molecule has 0 atom stereocenters. The van der Waals surface area contributed by atoms with Gasteiger partial charge >= 0.3 is 0 Å². The van der Waals surface area contributed by atoms with E-state index in [-0.39, 0.29) is 0 Å². The molecule has 3 nitrogen and oxygen atoms in total. The normalized spacial score (nSPS) is 11.3. The molecular formula is C13H15Cl2NO2. The minimum atomic E-state index is 0.467. The molecule has 1 aromatic carbocycles. The number of methoxy groups -OCH3 is 1. The zero-order valence-electron chi connectivity index (χ0n) is 10.3. The predicted molar refractivity (Wildman–Crippen MR) is 74.3 cm³/mol. The molecule has 0 saturated heterocycles. The highest BCUT2D eigenvalue weighted by Crippen LogP contribution is 2.35. The third-order valence-electron chi connectivity index (χ3n) is 2.71. The Morgan fingerprint density at radius 2 is 2.11 bits per heavy atom. The summed E-state index contributed by atoms with van der Waals surface area (Å²) >= 11 is 12.2. The first-order valence-electron chi connectivity index (χ1n) is 5.76. The van der Waals surface area contributed by atoms with Gasteiger partial charge in [-0.1, -0.05) is 30.1 Å². The van der Waals surface area contributed by atoms with Crippen LogP contribution in [-0.4, -0.2) is 13.7 Å². The largest absolute Gasteiger partial charge is 0.459 e. The molecule has 0 aliphatic heterocycles. The molecule has 1 heterocycles. The lowest BCUT2D eigenvalue weighted by atomic mass is 10.1. The van der Waals surface area contributed by atoms with Gasteiger partial charge in [0.2, 0.25) is 0 Å². The number of ether oxygens (including phenoxy) is 1. The standard InChI is InChI=1S/C13H15Cl2NO2/c1-3-16-6-12-9(7-17-2)13-10(15)4-8(14)5-11(13)18-12/h4-5,16H,3,6-7H2,1-2H3. The molecular weight excluding hydrogens is 273 g/mol. The first kappa shape index (κ1) is 13.7. The van der Waals surface area contributed by atoms with Gasteiger partial charge in [0, 0.05) is 29.1 Å². The van der Waals surface area contributed by atoms with Crippen LogP contribution < -0.4 is 5.32 Å². The summed E-state index contributed by atoms with van der Waals surface area (Å²) in [5.41, 5.74) is 1.68. The molecule has 0 unspecified atom stereocenters. The van der Waals surface area contributed by atoms with Crippen LogP contribution >= 0.6 is 23.2 Å². The smallest absolute Gasteiger partial charge is 0.137 e. The molecule has 0 spiro atoms. The first-order chi connectivity index (χ1) is 8.67. The van der Waals surface area contributed by atoms with Gasteiger partial charge in [-0.3, -0.25) is 0 Å². The zero-order valence-corrected chi connectivity index (χ0v) is 11.9. The summed E-state index contributed by atoms with van der Waals surface area (Å²) in [4.78, 5) is 0. The van der Waals surface area contributed by atoms with Crippen molar-refractivity contribution in [3.8, 4) is 0 Å². The van der Waals surface area contributed by atoms with Gasteiger partial charge in [-0.2, -0.15) is 0 Å². The van der Waals surface area contributed by atoms with Crippen LogP contribution in [0.4, 0.5) is 0 Å². The Kier molecular flexibility index (Phi) is 4.51. The van der Waals surface area contributed by atoms with Crippen LogP contribution in [0.3, 0.4) is 0 Å². The summed E-state index contributed by atoms with van der Waals surface area (Å²) in [5.74, 6) is 0.845.